The molecule has 1 aliphatic carbocycles. The van der Waals surface area contributed by atoms with Gasteiger partial charge in [-0.3, -0.25) is 4.79 Å². The number of rotatable bonds is 7. The maximum atomic E-state index is 12.2. The first-order chi connectivity index (χ1) is 12.1. The zero-order chi connectivity index (χ0) is 17.8. The molecule has 0 saturated carbocycles. The van der Waals surface area contributed by atoms with Gasteiger partial charge in [-0.05, 0) is 42.5 Å². The zero-order valence-electron chi connectivity index (χ0n) is 15.0. The lowest BCUT2D eigenvalue weighted by molar-refractivity contribution is -0.894. The smallest absolute Gasteiger partial charge is 0.277 e. The number of aromatic nitrogens is 2. The van der Waals surface area contributed by atoms with Crippen molar-refractivity contribution in [2.24, 2.45) is 0 Å². The van der Waals surface area contributed by atoms with E-state index in [1.165, 1.54) is 34.2 Å². The lowest BCUT2D eigenvalue weighted by atomic mass is 10.1. The Kier molecular flexibility index (Phi) is 5.75. The summed E-state index contributed by atoms with van der Waals surface area (Å²) < 4.78 is 5.70. The summed E-state index contributed by atoms with van der Waals surface area (Å²) in [4.78, 5) is 13.4. The monoisotopic (exact) mass is 361 g/mol. The van der Waals surface area contributed by atoms with Crippen LogP contribution >= 0.6 is 11.8 Å². The fourth-order valence-corrected chi connectivity index (χ4v) is 3.79. The van der Waals surface area contributed by atoms with E-state index in [1.807, 2.05) is 6.07 Å². The van der Waals surface area contributed by atoms with Crippen molar-refractivity contribution >= 4 is 23.4 Å². The summed E-state index contributed by atoms with van der Waals surface area (Å²) in [7, 11) is 4.13. The highest BCUT2D eigenvalue weighted by molar-refractivity contribution is 7.99. The Balaban J connectivity index is 1.53. The number of aryl methyl sites for hydroxylation is 2. The van der Waals surface area contributed by atoms with Crippen LogP contribution in [0.4, 0.5) is 5.69 Å². The minimum atomic E-state index is -0.0621. The van der Waals surface area contributed by atoms with E-state index in [9.17, 15) is 4.79 Å². The van der Waals surface area contributed by atoms with Gasteiger partial charge in [0, 0.05) is 12.1 Å². The zero-order valence-corrected chi connectivity index (χ0v) is 15.8. The van der Waals surface area contributed by atoms with Crippen LogP contribution in [-0.4, -0.2) is 36.0 Å². The molecule has 7 heteroatoms. The molecule has 0 saturated heterocycles. The first-order valence-electron chi connectivity index (χ1n) is 8.74. The second kappa shape index (κ2) is 8.01. The molecular formula is C18H25N4O2S+. The van der Waals surface area contributed by atoms with Crippen LogP contribution in [0.1, 0.15) is 42.8 Å². The molecule has 1 amide bonds. The topological polar surface area (TPSA) is 72.5 Å². The predicted molar refractivity (Wildman–Crippen MR) is 98.0 cm³/mol. The van der Waals surface area contributed by atoms with Gasteiger partial charge < -0.3 is 14.6 Å². The lowest BCUT2D eigenvalue weighted by Gasteiger charge is -2.15. The lowest BCUT2D eigenvalue weighted by Crippen LogP contribution is -3.06. The molecule has 1 atom stereocenters. The summed E-state index contributed by atoms with van der Waals surface area (Å²) in [5.41, 5.74) is 3.61. The third kappa shape index (κ3) is 4.41. The first kappa shape index (κ1) is 17.9. The van der Waals surface area contributed by atoms with Crippen molar-refractivity contribution in [1.29, 1.82) is 0 Å². The van der Waals surface area contributed by atoms with Gasteiger partial charge in [0.1, 0.15) is 0 Å². The van der Waals surface area contributed by atoms with Gasteiger partial charge in [-0.1, -0.05) is 24.8 Å². The van der Waals surface area contributed by atoms with E-state index in [0.717, 1.165) is 24.9 Å². The molecule has 2 aromatic rings. The van der Waals surface area contributed by atoms with Crippen molar-refractivity contribution in [2.45, 2.75) is 43.9 Å². The Morgan fingerprint density at radius 1 is 1.32 bits per heavy atom. The number of fused-ring (bicyclic) bond motifs is 1. The van der Waals surface area contributed by atoms with Crippen LogP contribution in [-0.2, 0) is 17.6 Å². The molecular weight excluding hydrogens is 336 g/mol. The number of quaternary nitrogens is 1. The summed E-state index contributed by atoms with van der Waals surface area (Å²) >= 11 is 1.27. The largest absolute Gasteiger partial charge is 0.410 e. The van der Waals surface area contributed by atoms with Crippen LogP contribution in [0.2, 0.25) is 0 Å². The number of thioether (sulfide) groups is 1. The summed E-state index contributed by atoms with van der Waals surface area (Å²) in [5, 5.41) is 11.6. The molecule has 2 N–H and O–H groups in total. The third-order valence-corrected chi connectivity index (χ3v) is 5.35. The van der Waals surface area contributed by atoms with E-state index in [2.05, 4.69) is 48.7 Å². The molecule has 0 fully saturated rings. The van der Waals surface area contributed by atoms with Crippen molar-refractivity contribution < 1.29 is 14.1 Å². The molecule has 3 rings (SSSR count). The molecule has 6 nitrogen and oxygen atoms in total. The Morgan fingerprint density at radius 3 is 2.88 bits per heavy atom. The Bertz CT molecular complexity index is 744. The number of nitrogens with zero attached hydrogens (tertiary/aromatic N) is 2. The second-order valence-corrected chi connectivity index (χ2v) is 7.54. The van der Waals surface area contributed by atoms with E-state index in [1.54, 1.807) is 0 Å². The second-order valence-electron chi connectivity index (χ2n) is 6.62. The number of anilines is 1. The van der Waals surface area contributed by atoms with Crippen molar-refractivity contribution in [3.63, 3.8) is 0 Å². The van der Waals surface area contributed by atoms with Crippen molar-refractivity contribution in [1.82, 2.24) is 10.2 Å². The van der Waals surface area contributed by atoms with Gasteiger partial charge in [0.2, 0.25) is 5.91 Å². The fourth-order valence-electron chi connectivity index (χ4n) is 3.22. The molecule has 0 aliphatic heterocycles. The van der Waals surface area contributed by atoms with Gasteiger partial charge in [0.05, 0.1) is 19.8 Å². The number of hydrogen-bond acceptors (Lipinski definition) is 5. The maximum Gasteiger partial charge on any atom is 0.277 e. The molecule has 0 spiro atoms. The Morgan fingerprint density at radius 2 is 2.12 bits per heavy atom. The predicted octanol–water partition coefficient (Wildman–Crippen LogP) is 1.88. The van der Waals surface area contributed by atoms with Crippen LogP contribution in [0.3, 0.4) is 0 Å². The van der Waals surface area contributed by atoms with E-state index < -0.39 is 0 Å². The fraction of sp³-hybridized carbons (Fsp3) is 0.500. The highest BCUT2D eigenvalue weighted by Gasteiger charge is 2.22. The molecule has 0 unspecified atom stereocenters. The average molecular weight is 361 g/mol. The van der Waals surface area contributed by atoms with Crippen LogP contribution in [0.15, 0.2) is 27.8 Å². The average Bonchev–Trinajstić information content (AvgIpc) is 3.22. The van der Waals surface area contributed by atoms with Gasteiger partial charge >= 0.3 is 0 Å². The van der Waals surface area contributed by atoms with Gasteiger partial charge in [0.15, 0.2) is 6.04 Å². The molecule has 25 heavy (non-hydrogen) atoms. The van der Waals surface area contributed by atoms with Gasteiger partial charge in [-0.2, -0.15) is 0 Å². The van der Waals surface area contributed by atoms with Crippen LogP contribution in [0.5, 0.6) is 0 Å². The number of carbonyl (C=O) groups excluding carboxylic acids is 1. The summed E-state index contributed by atoms with van der Waals surface area (Å²) in [6.07, 6.45) is 4.38. The van der Waals surface area contributed by atoms with Gasteiger partial charge in [0.25, 0.3) is 11.1 Å². The van der Waals surface area contributed by atoms with Crippen LogP contribution in [0.25, 0.3) is 0 Å². The number of amides is 1. The minimum absolute atomic E-state index is 0.0621. The molecule has 1 aromatic heterocycles. The summed E-state index contributed by atoms with van der Waals surface area (Å²) in [6.45, 7) is 2.10. The quantitative estimate of drug-likeness (QED) is 0.737. The summed E-state index contributed by atoms with van der Waals surface area (Å²) in [6, 6.07) is 6.36. The normalized spacial score (nSPS) is 14.6. The molecule has 1 aromatic carbocycles. The standard InChI is InChI=1S/C18H24N4O2S/c1-4-15(22(2)3)17-20-21-18(24-17)25-11-16(23)19-14-9-8-12-6-5-7-13(12)10-14/h8-10,15H,4-7,11H2,1-3H3,(H,19,23)/p+1/t15-/m0/s1. The molecule has 1 aliphatic rings. The van der Waals surface area contributed by atoms with E-state index >= 15 is 0 Å². The van der Waals surface area contributed by atoms with E-state index in [4.69, 9.17) is 4.42 Å². The number of hydrogen-bond donors (Lipinski definition) is 2. The number of benzene rings is 1. The Hall–Kier alpha value is -1.86. The molecule has 0 radical (unpaired) electrons. The number of nitrogens with one attached hydrogen (secondary N) is 2. The highest BCUT2D eigenvalue weighted by atomic mass is 32.2. The maximum absolute atomic E-state index is 12.2. The Labute approximate surface area is 152 Å². The van der Waals surface area contributed by atoms with Crippen molar-refractivity contribution in [2.75, 3.05) is 25.2 Å². The minimum Gasteiger partial charge on any atom is -0.410 e. The van der Waals surface area contributed by atoms with Gasteiger partial charge in [-0.25, -0.2) is 0 Å². The SMILES string of the molecule is CC[C@@H](c1nnc(SCC(=O)Nc2ccc3c(c2)CCC3)o1)[NH+](C)C. The van der Waals surface area contributed by atoms with E-state index in [0.29, 0.717) is 11.1 Å². The van der Waals surface area contributed by atoms with Crippen molar-refractivity contribution in [3.05, 3.63) is 35.2 Å². The number of carbonyl (C=O) groups is 1. The van der Waals surface area contributed by atoms with Crippen molar-refractivity contribution in [3.8, 4) is 0 Å². The molecule has 134 valence electrons. The third-order valence-electron chi connectivity index (χ3n) is 4.53. The van der Waals surface area contributed by atoms with E-state index in [-0.39, 0.29) is 17.7 Å². The molecule has 0 bridgehead atoms. The first-order valence-corrected chi connectivity index (χ1v) is 9.73. The summed E-state index contributed by atoms with van der Waals surface area (Å²) in [5.74, 6) is 0.821. The van der Waals surface area contributed by atoms with Crippen LogP contribution in [0, 0.1) is 0 Å². The van der Waals surface area contributed by atoms with Gasteiger partial charge in [-0.15, -0.1) is 10.2 Å². The van der Waals surface area contributed by atoms with Crippen LogP contribution < -0.4 is 10.2 Å². The highest BCUT2D eigenvalue weighted by Crippen LogP contribution is 2.25. The molecule has 1 heterocycles.